The number of hydrogen-bond donors (Lipinski definition) is 2. The molecule has 0 saturated carbocycles. The standard InChI is InChI=1S/C19H20N2O3/c1-14(22)21-17-9-6-15(7-10-17)8-11-19(23)20-13-16-4-3-5-18(12-16)24-2/h3-12H,13H2,1-2H3,(H,20,23)(H,21,22)/b11-8+. The average molecular weight is 324 g/mol. The fourth-order valence-electron chi connectivity index (χ4n) is 2.08. The van der Waals surface area contributed by atoms with Gasteiger partial charge in [-0.2, -0.15) is 0 Å². The Balaban J connectivity index is 1.87. The topological polar surface area (TPSA) is 67.4 Å². The van der Waals surface area contributed by atoms with Gasteiger partial charge in [0.2, 0.25) is 11.8 Å². The van der Waals surface area contributed by atoms with Crippen LogP contribution >= 0.6 is 0 Å². The van der Waals surface area contributed by atoms with Crippen LogP contribution in [0.2, 0.25) is 0 Å². The molecule has 2 aromatic carbocycles. The number of ether oxygens (including phenoxy) is 1. The summed E-state index contributed by atoms with van der Waals surface area (Å²) < 4.78 is 5.15. The first-order chi connectivity index (χ1) is 11.6. The fourth-order valence-corrected chi connectivity index (χ4v) is 2.08. The van der Waals surface area contributed by atoms with Crippen LogP contribution in [0.4, 0.5) is 5.69 Å². The maximum absolute atomic E-state index is 11.9. The number of rotatable bonds is 6. The van der Waals surface area contributed by atoms with Gasteiger partial charge >= 0.3 is 0 Å². The Bertz CT molecular complexity index is 737. The molecule has 0 unspecified atom stereocenters. The Morgan fingerprint density at radius 2 is 1.88 bits per heavy atom. The summed E-state index contributed by atoms with van der Waals surface area (Å²) in [5.74, 6) is 0.468. The number of carbonyl (C=O) groups excluding carboxylic acids is 2. The third-order valence-electron chi connectivity index (χ3n) is 3.26. The molecule has 0 bridgehead atoms. The van der Waals surface area contributed by atoms with Gasteiger partial charge in [0, 0.05) is 25.2 Å². The van der Waals surface area contributed by atoms with E-state index in [0.717, 1.165) is 22.6 Å². The summed E-state index contributed by atoms with van der Waals surface area (Å²) in [6.07, 6.45) is 3.20. The van der Waals surface area contributed by atoms with Crippen LogP contribution in [-0.4, -0.2) is 18.9 Å². The Labute approximate surface area is 141 Å². The molecular weight excluding hydrogens is 304 g/mol. The molecule has 0 spiro atoms. The molecule has 0 aliphatic carbocycles. The smallest absolute Gasteiger partial charge is 0.244 e. The van der Waals surface area contributed by atoms with E-state index in [1.165, 1.54) is 13.0 Å². The molecule has 0 saturated heterocycles. The molecule has 0 aromatic heterocycles. The van der Waals surface area contributed by atoms with Crippen molar-refractivity contribution in [1.29, 1.82) is 0 Å². The molecule has 2 amide bonds. The Morgan fingerprint density at radius 1 is 1.12 bits per heavy atom. The van der Waals surface area contributed by atoms with Crippen LogP contribution in [0.25, 0.3) is 6.08 Å². The number of carbonyl (C=O) groups is 2. The highest BCUT2D eigenvalue weighted by Gasteiger charge is 1.99. The second-order valence-corrected chi connectivity index (χ2v) is 5.21. The monoisotopic (exact) mass is 324 g/mol. The van der Waals surface area contributed by atoms with Crippen molar-refractivity contribution in [3.63, 3.8) is 0 Å². The predicted octanol–water partition coefficient (Wildman–Crippen LogP) is 2.98. The van der Waals surface area contributed by atoms with Crippen LogP contribution in [-0.2, 0) is 16.1 Å². The highest BCUT2D eigenvalue weighted by atomic mass is 16.5. The van der Waals surface area contributed by atoms with Gasteiger partial charge in [-0.05, 0) is 41.5 Å². The third-order valence-corrected chi connectivity index (χ3v) is 3.26. The number of amides is 2. The predicted molar refractivity (Wildman–Crippen MR) is 94.6 cm³/mol. The van der Waals surface area contributed by atoms with Gasteiger partial charge in [0.1, 0.15) is 5.75 Å². The number of methoxy groups -OCH3 is 1. The normalized spacial score (nSPS) is 10.4. The lowest BCUT2D eigenvalue weighted by atomic mass is 10.2. The maximum atomic E-state index is 11.9. The van der Waals surface area contributed by atoms with Gasteiger partial charge in [0.25, 0.3) is 0 Å². The van der Waals surface area contributed by atoms with E-state index < -0.39 is 0 Å². The summed E-state index contributed by atoms with van der Waals surface area (Å²) in [7, 11) is 1.61. The number of nitrogens with one attached hydrogen (secondary N) is 2. The first-order valence-electron chi connectivity index (χ1n) is 7.53. The van der Waals surface area contributed by atoms with Gasteiger partial charge in [-0.15, -0.1) is 0 Å². The summed E-state index contributed by atoms with van der Waals surface area (Å²) in [5.41, 5.74) is 2.57. The summed E-state index contributed by atoms with van der Waals surface area (Å²) in [5, 5.41) is 5.51. The van der Waals surface area contributed by atoms with Crippen molar-refractivity contribution >= 4 is 23.6 Å². The lowest BCUT2D eigenvalue weighted by Crippen LogP contribution is -2.20. The fraction of sp³-hybridized carbons (Fsp3) is 0.158. The molecule has 5 nitrogen and oxygen atoms in total. The van der Waals surface area contributed by atoms with E-state index in [2.05, 4.69) is 10.6 Å². The highest BCUT2D eigenvalue weighted by molar-refractivity contribution is 5.92. The molecule has 2 rings (SSSR count). The molecular formula is C19H20N2O3. The Morgan fingerprint density at radius 3 is 2.54 bits per heavy atom. The van der Waals surface area contributed by atoms with Gasteiger partial charge in [0.05, 0.1) is 7.11 Å². The minimum atomic E-state index is -0.177. The SMILES string of the molecule is COc1cccc(CNC(=O)/C=C/c2ccc(NC(C)=O)cc2)c1. The average Bonchev–Trinajstić information content (AvgIpc) is 2.59. The van der Waals surface area contributed by atoms with Gasteiger partial charge < -0.3 is 15.4 Å². The molecule has 0 heterocycles. The van der Waals surface area contributed by atoms with E-state index in [0.29, 0.717) is 6.54 Å². The molecule has 2 aromatic rings. The van der Waals surface area contributed by atoms with E-state index in [4.69, 9.17) is 4.74 Å². The Hall–Kier alpha value is -3.08. The van der Waals surface area contributed by atoms with Crippen molar-refractivity contribution in [1.82, 2.24) is 5.32 Å². The molecule has 2 N–H and O–H groups in total. The number of benzene rings is 2. The van der Waals surface area contributed by atoms with Gasteiger partial charge in [-0.25, -0.2) is 0 Å². The van der Waals surface area contributed by atoms with Crippen LogP contribution in [0.15, 0.2) is 54.6 Å². The third kappa shape index (κ3) is 5.61. The van der Waals surface area contributed by atoms with E-state index >= 15 is 0 Å². The van der Waals surface area contributed by atoms with E-state index in [-0.39, 0.29) is 11.8 Å². The zero-order chi connectivity index (χ0) is 17.4. The highest BCUT2D eigenvalue weighted by Crippen LogP contribution is 2.12. The van der Waals surface area contributed by atoms with Crippen molar-refractivity contribution in [3.8, 4) is 5.75 Å². The number of hydrogen-bond acceptors (Lipinski definition) is 3. The number of anilines is 1. The first-order valence-corrected chi connectivity index (χ1v) is 7.53. The minimum absolute atomic E-state index is 0.116. The molecule has 0 fully saturated rings. The van der Waals surface area contributed by atoms with Crippen LogP contribution in [0, 0.1) is 0 Å². The van der Waals surface area contributed by atoms with Crippen LogP contribution in [0.5, 0.6) is 5.75 Å². The zero-order valence-corrected chi connectivity index (χ0v) is 13.7. The molecule has 124 valence electrons. The lowest BCUT2D eigenvalue weighted by Gasteiger charge is -2.05. The van der Waals surface area contributed by atoms with Gasteiger partial charge in [-0.1, -0.05) is 24.3 Å². The lowest BCUT2D eigenvalue weighted by molar-refractivity contribution is -0.116. The van der Waals surface area contributed by atoms with Crippen molar-refractivity contribution in [3.05, 3.63) is 65.7 Å². The van der Waals surface area contributed by atoms with Crippen LogP contribution < -0.4 is 15.4 Å². The molecule has 0 aliphatic heterocycles. The first kappa shape index (κ1) is 17.3. The quantitative estimate of drug-likeness (QED) is 0.803. The molecule has 0 aliphatic rings. The molecule has 0 atom stereocenters. The maximum Gasteiger partial charge on any atom is 0.244 e. The second kappa shape index (κ2) is 8.53. The van der Waals surface area contributed by atoms with Gasteiger partial charge in [-0.3, -0.25) is 9.59 Å². The summed E-state index contributed by atoms with van der Waals surface area (Å²) in [6, 6.07) is 14.8. The summed E-state index contributed by atoms with van der Waals surface area (Å²) in [4.78, 5) is 22.8. The van der Waals surface area contributed by atoms with E-state index in [1.54, 1.807) is 25.3 Å². The van der Waals surface area contributed by atoms with Crippen LogP contribution in [0.3, 0.4) is 0 Å². The van der Waals surface area contributed by atoms with Crippen LogP contribution in [0.1, 0.15) is 18.1 Å². The minimum Gasteiger partial charge on any atom is -0.497 e. The summed E-state index contributed by atoms with van der Waals surface area (Å²) in [6.45, 7) is 1.89. The van der Waals surface area contributed by atoms with Gasteiger partial charge in [0.15, 0.2) is 0 Å². The molecule has 5 heteroatoms. The molecule has 24 heavy (non-hydrogen) atoms. The van der Waals surface area contributed by atoms with Crippen molar-refractivity contribution < 1.29 is 14.3 Å². The van der Waals surface area contributed by atoms with Crippen molar-refractivity contribution in [2.24, 2.45) is 0 Å². The zero-order valence-electron chi connectivity index (χ0n) is 13.7. The van der Waals surface area contributed by atoms with E-state index in [1.807, 2.05) is 36.4 Å². The summed E-state index contributed by atoms with van der Waals surface area (Å²) >= 11 is 0. The van der Waals surface area contributed by atoms with Crippen molar-refractivity contribution in [2.75, 3.05) is 12.4 Å². The Kier molecular flexibility index (Phi) is 6.14. The van der Waals surface area contributed by atoms with Crippen molar-refractivity contribution in [2.45, 2.75) is 13.5 Å². The second-order valence-electron chi connectivity index (χ2n) is 5.21. The molecule has 0 radical (unpaired) electrons. The largest absolute Gasteiger partial charge is 0.497 e. The van der Waals surface area contributed by atoms with E-state index in [9.17, 15) is 9.59 Å².